The van der Waals surface area contributed by atoms with Crippen LogP contribution in [0.5, 0.6) is 0 Å². The van der Waals surface area contributed by atoms with Crippen LogP contribution in [0.25, 0.3) is 10.1 Å². The van der Waals surface area contributed by atoms with Crippen LogP contribution in [-0.2, 0) is 11.2 Å². The molecule has 66 valence electrons. The molecule has 0 aliphatic carbocycles. The molecule has 0 spiro atoms. The van der Waals surface area contributed by atoms with Crippen molar-refractivity contribution in [3.8, 4) is 0 Å². The van der Waals surface area contributed by atoms with E-state index in [0.717, 1.165) is 15.6 Å². The highest BCUT2D eigenvalue weighted by Gasteiger charge is 2.00. The summed E-state index contributed by atoms with van der Waals surface area (Å²) in [7, 11) is 0. The normalized spacial score (nSPS) is 10.5. The van der Waals surface area contributed by atoms with Crippen molar-refractivity contribution in [1.82, 2.24) is 0 Å². The second-order valence-corrected chi connectivity index (χ2v) is 4.85. The molecule has 2 rings (SSSR count). The van der Waals surface area contributed by atoms with Crippen LogP contribution < -0.4 is 0 Å². The summed E-state index contributed by atoms with van der Waals surface area (Å²) in [6, 6.07) is 8.22. The van der Waals surface area contributed by atoms with Gasteiger partial charge < -0.3 is 4.79 Å². The smallest absolute Gasteiger partial charge is 0.125 e. The summed E-state index contributed by atoms with van der Waals surface area (Å²) in [5.74, 6) is 0. The van der Waals surface area contributed by atoms with E-state index in [4.69, 9.17) is 0 Å². The predicted molar refractivity (Wildman–Crippen MR) is 59.3 cm³/mol. The zero-order valence-electron chi connectivity index (χ0n) is 6.79. The standard InChI is InChI=1S/C10H7BrOS/c11-8-1-2-10-7(5-8)6-9(13-10)3-4-12/h1-2,4-6H,3H2. The maximum absolute atomic E-state index is 10.3. The molecule has 0 amide bonds. The number of fused-ring (bicyclic) bond motifs is 1. The average molecular weight is 255 g/mol. The Bertz CT molecular complexity index is 447. The Labute approximate surface area is 88.5 Å². The minimum Gasteiger partial charge on any atom is -0.303 e. The van der Waals surface area contributed by atoms with Crippen molar-refractivity contribution in [2.75, 3.05) is 0 Å². The van der Waals surface area contributed by atoms with Crippen LogP contribution in [0.15, 0.2) is 28.7 Å². The number of carbonyl (C=O) groups excluding carboxylic acids is 1. The zero-order chi connectivity index (χ0) is 9.26. The fourth-order valence-electron chi connectivity index (χ4n) is 1.25. The van der Waals surface area contributed by atoms with Gasteiger partial charge in [0.15, 0.2) is 0 Å². The molecule has 0 bridgehead atoms. The van der Waals surface area contributed by atoms with E-state index in [1.54, 1.807) is 11.3 Å². The van der Waals surface area contributed by atoms with Crippen molar-refractivity contribution >= 4 is 43.6 Å². The lowest BCUT2D eigenvalue weighted by molar-refractivity contribution is -0.107. The molecule has 0 saturated carbocycles. The molecule has 0 aliphatic heterocycles. The first-order valence-electron chi connectivity index (χ1n) is 3.91. The van der Waals surface area contributed by atoms with E-state index in [1.165, 1.54) is 10.1 Å². The van der Waals surface area contributed by atoms with Gasteiger partial charge in [-0.15, -0.1) is 11.3 Å². The Balaban J connectivity index is 2.55. The second kappa shape index (κ2) is 3.60. The van der Waals surface area contributed by atoms with Crippen molar-refractivity contribution in [2.24, 2.45) is 0 Å². The summed E-state index contributed by atoms with van der Waals surface area (Å²) in [6.45, 7) is 0. The molecule has 0 saturated heterocycles. The molecule has 0 radical (unpaired) electrons. The third-order valence-electron chi connectivity index (χ3n) is 1.81. The molecule has 0 atom stereocenters. The van der Waals surface area contributed by atoms with E-state index in [1.807, 2.05) is 6.07 Å². The Morgan fingerprint density at radius 1 is 1.38 bits per heavy atom. The number of halogens is 1. The summed E-state index contributed by atoms with van der Waals surface area (Å²) in [5.41, 5.74) is 0. The molecule has 0 aliphatic rings. The minimum absolute atomic E-state index is 0.525. The number of hydrogen-bond acceptors (Lipinski definition) is 2. The molecular weight excluding hydrogens is 248 g/mol. The van der Waals surface area contributed by atoms with Crippen molar-refractivity contribution in [1.29, 1.82) is 0 Å². The molecule has 1 aromatic heterocycles. The van der Waals surface area contributed by atoms with Gasteiger partial charge in [0.25, 0.3) is 0 Å². The molecule has 3 heteroatoms. The van der Waals surface area contributed by atoms with Gasteiger partial charge in [0.1, 0.15) is 6.29 Å². The van der Waals surface area contributed by atoms with Crippen LogP contribution in [-0.4, -0.2) is 6.29 Å². The number of rotatable bonds is 2. The Hall–Kier alpha value is -0.670. The van der Waals surface area contributed by atoms with E-state index < -0.39 is 0 Å². The van der Waals surface area contributed by atoms with Crippen LogP contribution in [0.2, 0.25) is 0 Å². The van der Waals surface area contributed by atoms with E-state index >= 15 is 0 Å². The first-order chi connectivity index (χ1) is 6.29. The van der Waals surface area contributed by atoms with Gasteiger partial charge in [0.05, 0.1) is 0 Å². The lowest BCUT2D eigenvalue weighted by atomic mass is 10.2. The minimum atomic E-state index is 0.525. The highest BCUT2D eigenvalue weighted by molar-refractivity contribution is 9.10. The third-order valence-corrected chi connectivity index (χ3v) is 3.45. The van der Waals surface area contributed by atoms with E-state index in [9.17, 15) is 4.79 Å². The molecule has 1 aromatic carbocycles. The fraction of sp³-hybridized carbons (Fsp3) is 0.100. The molecule has 13 heavy (non-hydrogen) atoms. The number of thiophene rings is 1. The molecule has 0 N–H and O–H groups in total. The lowest BCUT2D eigenvalue weighted by Crippen LogP contribution is -1.76. The van der Waals surface area contributed by atoms with Crippen LogP contribution in [0.4, 0.5) is 0 Å². The quantitative estimate of drug-likeness (QED) is 0.751. The summed E-state index contributed by atoms with van der Waals surface area (Å²) in [4.78, 5) is 11.4. The van der Waals surface area contributed by atoms with Gasteiger partial charge in [-0.1, -0.05) is 15.9 Å². The monoisotopic (exact) mass is 254 g/mol. The largest absolute Gasteiger partial charge is 0.303 e. The Morgan fingerprint density at radius 2 is 2.23 bits per heavy atom. The van der Waals surface area contributed by atoms with Gasteiger partial charge in [-0.2, -0.15) is 0 Å². The first kappa shape index (κ1) is 8.91. The predicted octanol–water partition coefficient (Wildman–Crippen LogP) is 3.41. The van der Waals surface area contributed by atoms with Gasteiger partial charge in [-0.05, 0) is 29.7 Å². The highest BCUT2D eigenvalue weighted by Crippen LogP contribution is 2.28. The van der Waals surface area contributed by atoms with E-state index in [-0.39, 0.29) is 0 Å². The molecule has 2 aromatic rings. The number of aldehydes is 1. The fourth-order valence-corrected chi connectivity index (χ4v) is 2.62. The van der Waals surface area contributed by atoms with Crippen molar-refractivity contribution < 1.29 is 4.79 Å². The van der Waals surface area contributed by atoms with Gasteiger partial charge in [0.2, 0.25) is 0 Å². The topological polar surface area (TPSA) is 17.1 Å². The van der Waals surface area contributed by atoms with E-state index in [0.29, 0.717) is 6.42 Å². The molecule has 1 heterocycles. The van der Waals surface area contributed by atoms with Gasteiger partial charge in [0, 0.05) is 20.5 Å². The number of benzene rings is 1. The third kappa shape index (κ3) is 1.81. The van der Waals surface area contributed by atoms with Gasteiger partial charge in [-0.25, -0.2) is 0 Å². The second-order valence-electron chi connectivity index (χ2n) is 2.77. The number of hydrogen-bond donors (Lipinski definition) is 0. The van der Waals surface area contributed by atoms with Crippen molar-refractivity contribution in [3.05, 3.63) is 33.6 Å². The van der Waals surface area contributed by atoms with Crippen LogP contribution >= 0.6 is 27.3 Å². The zero-order valence-corrected chi connectivity index (χ0v) is 9.19. The van der Waals surface area contributed by atoms with E-state index in [2.05, 4.69) is 34.1 Å². The molecule has 0 unspecified atom stereocenters. The summed E-state index contributed by atoms with van der Waals surface area (Å²) in [6.07, 6.45) is 1.47. The van der Waals surface area contributed by atoms with Crippen LogP contribution in [0.3, 0.4) is 0 Å². The number of carbonyl (C=O) groups is 1. The molecular formula is C10H7BrOS. The highest BCUT2D eigenvalue weighted by atomic mass is 79.9. The Kier molecular flexibility index (Phi) is 2.47. The van der Waals surface area contributed by atoms with Crippen LogP contribution in [0.1, 0.15) is 4.88 Å². The molecule has 1 nitrogen and oxygen atoms in total. The SMILES string of the molecule is O=CCc1cc2cc(Br)ccc2s1. The molecule has 0 fully saturated rings. The maximum Gasteiger partial charge on any atom is 0.125 e. The first-order valence-corrected chi connectivity index (χ1v) is 5.52. The average Bonchev–Trinajstić information content (AvgIpc) is 2.46. The summed E-state index contributed by atoms with van der Waals surface area (Å²) < 4.78 is 2.32. The Morgan fingerprint density at radius 3 is 3.00 bits per heavy atom. The van der Waals surface area contributed by atoms with Crippen molar-refractivity contribution in [2.45, 2.75) is 6.42 Å². The lowest BCUT2D eigenvalue weighted by Gasteiger charge is -1.88. The summed E-state index contributed by atoms with van der Waals surface area (Å²) >= 11 is 5.09. The van der Waals surface area contributed by atoms with Gasteiger partial charge >= 0.3 is 0 Å². The summed E-state index contributed by atoms with van der Waals surface area (Å²) in [5, 5.41) is 1.20. The van der Waals surface area contributed by atoms with Gasteiger partial charge in [-0.3, -0.25) is 0 Å². The maximum atomic E-state index is 10.3. The van der Waals surface area contributed by atoms with Crippen LogP contribution in [0, 0.1) is 0 Å². The van der Waals surface area contributed by atoms with Crippen molar-refractivity contribution in [3.63, 3.8) is 0 Å².